The highest BCUT2D eigenvalue weighted by molar-refractivity contribution is 6.02. The number of benzene rings is 1. The molecule has 5 nitrogen and oxygen atoms in total. The molecule has 1 aliphatic carbocycles. The van der Waals surface area contributed by atoms with Crippen LogP contribution < -0.4 is 0 Å². The molecule has 0 saturated heterocycles. The van der Waals surface area contributed by atoms with Crippen LogP contribution in [0.2, 0.25) is 0 Å². The summed E-state index contributed by atoms with van der Waals surface area (Å²) in [6, 6.07) is 9.66. The zero-order chi connectivity index (χ0) is 17.4. The van der Waals surface area contributed by atoms with Crippen LogP contribution in [0.3, 0.4) is 0 Å². The SMILES string of the molecule is CN(C)C(=O)c1ccc(-c2ccnc3n[nH]c(C4=CCC=C4)c23)cc1. The topological polar surface area (TPSA) is 61.9 Å². The Labute approximate surface area is 145 Å². The largest absolute Gasteiger partial charge is 0.345 e. The van der Waals surface area contributed by atoms with Gasteiger partial charge in [-0.1, -0.05) is 30.4 Å². The highest BCUT2D eigenvalue weighted by Gasteiger charge is 2.16. The number of hydrogen-bond acceptors (Lipinski definition) is 3. The Kier molecular flexibility index (Phi) is 3.69. The van der Waals surface area contributed by atoms with Gasteiger partial charge in [-0.05, 0) is 41.3 Å². The number of allylic oxidation sites excluding steroid dienone is 4. The van der Waals surface area contributed by atoms with Crippen molar-refractivity contribution in [2.75, 3.05) is 14.1 Å². The van der Waals surface area contributed by atoms with Crippen LogP contribution in [0.15, 0.2) is 54.8 Å². The molecule has 25 heavy (non-hydrogen) atoms. The van der Waals surface area contributed by atoms with Gasteiger partial charge in [0.05, 0.1) is 11.1 Å². The number of hydrogen-bond donors (Lipinski definition) is 1. The van der Waals surface area contributed by atoms with Crippen LogP contribution in [0.1, 0.15) is 22.5 Å². The Morgan fingerprint density at radius 1 is 1.16 bits per heavy atom. The van der Waals surface area contributed by atoms with Crippen molar-refractivity contribution in [3.05, 3.63) is 66.0 Å². The Balaban J connectivity index is 1.83. The van der Waals surface area contributed by atoms with E-state index >= 15 is 0 Å². The van der Waals surface area contributed by atoms with Crippen molar-refractivity contribution in [2.45, 2.75) is 6.42 Å². The predicted octanol–water partition coefficient (Wildman–Crippen LogP) is 3.67. The van der Waals surface area contributed by atoms with E-state index in [1.165, 1.54) is 0 Å². The third-order valence-electron chi connectivity index (χ3n) is 4.36. The predicted molar refractivity (Wildman–Crippen MR) is 99.1 cm³/mol. The molecule has 5 heteroatoms. The molecular weight excluding hydrogens is 312 g/mol. The monoisotopic (exact) mass is 330 g/mol. The first-order valence-electron chi connectivity index (χ1n) is 8.17. The molecular formula is C20H18N4O. The van der Waals surface area contributed by atoms with E-state index in [1.54, 1.807) is 25.2 Å². The second kappa shape index (κ2) is 6.02. The number of aromatic nitrogens is 3. The number of fused-ring (bicyclic) bond motifs is 1. The molecule has 0 aliphatic heterocycles. The zero-order valence-corrected chi connectivity index (χ0v) is 14.2. The van der Waals surface area contributed by atoms with Gasteiger partial charge in [0.1, 0.15) is 0 Å². The van der Waals surface area contributed by atoms with Crippen LogP contribution >= 0.6 is 0 Å². The van der Waals surface area contributed by atoms with E-state index in [1.807, 2.05) is 30.3 Å². The van der Waals surface area contributed by atoms with Gasteiger partial charge in [0, 0.05) is 25.9 Å². The molecule has 124 valence electrons. The second-order valence-corrected chi connectivity index (χ2v) is 6.23. The van der Waals surface area contributed by atoms with E-state index in [4.69, 9.17) is 0 Å². The molecule has 2 heterocycles. The molecule has 1 N–H and O–H groups in total. The highest BCUT2D eigenvalue weighted by atomic mass is 16.2. The normalized spacial score (nSPS) is 13.3. The maximum Gasteiger partial charge on any atom is 0.253 e. The van der Waals surface area contributed by atoms with Crippen molar-refractivity contribution in [3.8, 4) is 11.1 Å². The molecule has 0 bridgehead atoms. The maximum atomic E-state index is 12.1. The highest BCUT2D eigenvalue weighted by Crippen LogP contribution is 2.33. The molecule has 0 unspecified atom stereocenters. The average molecular weight is 330 g/mol. The summed E-state index contributed by atoms with van der Waals surface area (Å²) in [5.41, 5.74) is 5.58. The number of H-pyrrole nitrogens is 1. The third-order valence-corrected chi connectivity index (χ3v) is 4.36. The van der Waals surface area contributed by atoms with Gasteiger partial charge < -0.3 is 4.90 Å². The van der Waals surface area contributed by atoms with Crippen LogP contribution in [0.25, 0.3) is 27.7 Å². The minimum atomic E-state index is -0.00308. The first kappa shape index (κ1) is 15.3. The Bertz CT molecular complexity index is 1010. The van der Waals surface area contributed by atoms with Gasteiger partial charge in [-0.2, -0.15) is 5.10 Å². The van der Waals surface area contributed by atoms with Crippen LogP contribution in [0, 0.1) is 0 Å². The van der Waals surface area contributed by atoms with Gasteiger partial charge in [-0.15, -0.1) is 0 Å². The van der Waals surface area contributed by atoms with E-state index in [9.17, 15) is 4.79 Å². The number of amides is 1. The smallest absolute Gasteiger partial charge is 0.253 e. The van der Waals surface area contributed by atoms with Gasteiger partial charge in [0.2, 0.25) is 0 Å². The summed E-state index contributed by atoms with van der Waals surface area (Å²) in [5, 5.41) is 8.47. The Morgan fingerprint density at radius 2 is 1.96 bits per heavy atom. The summed E-state index contributed by atoms with van der Waals surface area (Å²) >= 11 is 0. The van der Waals surface area contributed by atoms with Gasteiger partial charge in [-0.3, -0.25) is 9.89 Å². The first-order chi connectivity index (χ1) is 12.1. The summed E-state index contributed by atoms with van der Waals surface area (Å²) < 4.78 is 0. The molecule has 0 saturated carbocycles. The fraction of sp³-hybridized carbons (Fsp3) is 0.150. The standard InChI is InChI=1S/C20H18N4O/c1-24(2)20(25)15-9-7-13(8-10-15)16-11-12-21-19-17(16)18(22-23-19)14-5-3-4-6-14/h3,5-12H,4H2,1-2H3,(H,21,22,23). The molecule has 0 spiro atoms. The lowest BCUT2D eigenvalue weighted by Gasteiger charge is -2.11. The Hall–Kier alpha value is -3.21. The summed E-state index contributed by atoms with van der Waals surface area (Å²) in [6.45, 7) is 0. The van der Waals surface area contributed by atoms with E-state index in [-0.39, 0.29) is 5.91 Å². The second-order valence-electron chi connectivity index (χ2n) is 6.23. The van der Waals surface area contributed by atoms with Gasteiger partial charge >= 0.3 is 0 Å². The molecule has 0 fully saturated rings. The van der Waals surface area contributed by atoms with E-state index < -0.39 is 0 Å². The molecule has 0 atom stereocenters. The molecule has 1 aromatic carbocycles. The number of pyridine rings is 1. The van der Waals surface area contributed by atoms with Crippen molar-refractivity contribution >= 4 is 22.5 Å². The number of rotatable bonds is 3. The molecule has 2 aromatic heterocycles. The lowest BCUT2D eigenvalue weighted by atomic mass is 9.99. The number of carbonyl (C=O) groups is 1. The van der Waals surface area contributed by atoms with Crippen molar-refractivity contribution < 1.29 is 4.79 Å². The van der Waals surface area contributed by atoms with Crippen LogP contribution in [-0.2, 0) is 0 Å². The van der Waals surface area contributed by atoms with Crippen molar-refractivity contribution in [3.63, 3.8) is 0 Å². The number of nitrogens with one attached hydrogen (secondary N) is 1. The summed E-state index contributed by atoms with van der Waals surface area (Å²) in [7, 11) is 3.51. The molecule has 1 amide bonds. The summed E-state index contributed by atoms with van der Waals surface area (Å²) in [5.74, 6) is -0.00308. The number of carbonyl (C=O) groups excluding carboxylic acids is 1. The first-order valence-corrected chi connectivity index (χ1v) is 8.17. The molecule has 3 aromatic rings. The fourth-order valence-electron chi connectivity index (χ4n) is 3.09. The van der Waals surface area contributed by atoms with Gasteiger partial charge in [0.15, 0.2) is 5.65 Å². The summed E-state index contributed by atoms with van der Waals surface area (Å²) in [6.07, 6.45) is 9.09. The van der Waals surface area contributed by atoms with Crippen LogP contribution in [0.5, 0.6) is 0 Å². The van der Waals surface area contributed by atoms with Crippen molar-refractivity contribution in [2.24, 2.45) is 0 Å². The number of nitrogens with zero attached hydrogens (tertiary/aromatic N) is 3. The average Bonchev–Trinajstić information content (AvgIpc) is 3.30. The molecule has 0 radical (unpaired) electrons. The van der Waals surface area contributed by atoms with Crippen LogP contribution in [-0.4, -0.2) is 40.1 Å². The van der Waals surface area contributed by atoms with E-state index in [0.29, 0.717) is 11.2 Å². The van der Waals surface area contributed by atoms with Crippen LogP contribution in [0.4, 0.5) is 0 Å². The fourth-order valence-corrected chi connectivity index (χ4v) is 3.09. The minimum Gasteiger partial charge on any atom is -0.345 e. The van der Waals surface area contributed by atoms with Gasteiger partial charge in [-0.25, -0.2) is 4.98 Å². The molecule has 4 rings (SSSR count). The quantitative estimate of drug-likeness (QED) is 0.797. The van der Waals surface area contributed by atoms with Crippen molar-refractivity contribution in [1.29, 1.82) is 0 Å². The molecule has 1 aliphatic rings. The minimum absolute atomic E-state index is 0.00308. The lowest BCUT2D eigenvalue weighted by molar-refractivity contribution is 0.0827. The number of aromatic amines is 1. The van der Waals surface area contributed by atoms with Crippen molar-refractivity contribution in [1.82, 2.24) is 20.1 Å². The third kappa shape index (κ3) is 2.63. The summed E-state index contributed by atoms with van der Waals surface area (Å²) in [4.78, 5) is 18.0. The lowest BCUT2D eigenvalue weighted by Crippen LogP contribution is -2.21. The van der Waals surface area contributed by atoms with E-state index in [2.05, 4.69) is 33.4 Å². The Morgan fingerprint density at radius 3 is 2.64 bits per heavy atom. The van der Waals surface area contributed by atoms with E-state index in [0.717, 1.165) is 34.2 Å². The van der Waals surface area contributed by atoms with Gasteiger partial charge in [0.25, 0.3) is 5.91 Å². The zero-order valence-electron chi connectivity index (χ0n) is 14.2. The maximum absolute atomic E-state index is 12.1.